The molecule has 3 heterocycles. The number of ether oxygens (including phenoxy) is 1. The van der Waals surface area contributed by atoms with E-state index in [0.717, 1.165) is 29.5 Å². The van der Waals surface area contributed by atoms with Crippen molar-refractivity contribution in [3.05, 3.63) is 21.9 Å². The fourth-order valence-corrected chi connectivity index (χ4v) is 3.71. The van der Waals surface area contributed by atoms with Gasteiger partial charge in [0.2, 0.25) is 0 Å². The first-order chi connectivity index (χ1) is 8.29. The van der Waals surface area contributed by atoms with Crippen molar-refractivity contribution < 1.29 is 4.74 Å². The fourth-order valence-electron chi connectivity index (χ4n) is 2.32. The molecular weight excluding hydrogens is 256 g/mol. The summed E-state index contributed by atoms with van der Waals surface area (Å²) in [5.74, 6) is 0. The normalized spacial score (nSPS) is 19.5. The fraction of sp³-hybridized carbons (Fsp3) is 0.500. The van der Waals surface area contributed by atoms with Crippen molar-refractivity contribution in [2.75, 3.05) is 0 Å². The van der Waals surface area contributed by atoms with Crippen molar-refractivity contribution in [3.63, 3.8) is 0 Å². The Hall–Kier alpha value is -0.710. The van der Waals surface area contributed by atoms with Crippen LogP contribution >= 0.6 is 22.9 Å². The van der Waals surface area contributed by atoms with E-state index in [0.29, 0.717) is 17.9 Å². The van der Waals surface area contributed by atoms with E-state index in [4.69, 9.17) is 16.3 Å². The highest BCUT2D eigenvalue weighted by Crippen LogP contribution is 2.38. The minimum Gasteiger partial charge on any atom is -0.372 e. The molecule has 90 valence electrons. The van der Waals surface area contributed by atoms with E-state index in [1.54, 1.807) is 11.3 Å². The highest BCUT2D eigenvalue weighted by atomic mass is 35.5. The monoisotopic (exact) mass is 268 g/mol. The van der Waals surface area contributed by atoms with Crippen molar-refractivity contribution in [1.29, 1.82) is 0 Å². The number of halogens is 1. The zero-order chi connectivity index (χ0) is 11.8. The predicted molar refractivity (Wildman–Crippen MR) is 69.6 cm³/mol. The third-order valence-corrected chi connectivity index (χ3v) is 4.52. The molecule has 2 aromatic rings. The first-order valence-electron chi connectivity index (χ1n) is 5.82. The maximum atomic E-state index is 6.17. The maximum Gasteiger partial charge on any atom is 0.141 e. The highest BCUT2D eigenvalue weighted by Gasteiger charge is 2.24. The van der Waals surface area contributed by atoms with Crippen molar-refractivity contribution in [1.82, 2.24) is 9.97 Å². The van der Waals surface area contributed by atoms with E-state index in [2.05, 4.69) is 16.9 Å². The first kappa shape index (κ1) is 11.4. The van der Waals surface area contributed by atoms with Crippen LogP contribution in [-0.2, 0) is 17.8 Å². The van der Waals surface area contributed by atoms with Crippen LogP contribution < -0.4 is 0 Å². The summed E-state index contributed by atoms with van der Waals surface area (Å²) in [5.41, 5.74) is 1.31. The molecule has 1 aliphatic heterocycles. The van der Waals surface area contributed by atoms with E-state index >= 15 is 0 Å². The van der Waals surface area contributed by atoms with Gasteiger partial charge in [0, 0.05) is 11.3 Å². The van der Waals surface area contributed by atoms with Crippen LogP contribution in [0.2, 0.25) is 5.15 Å². The molecule has 0 N–H and O–H groups in total. The molecule has 5 heteroatoms. The second-order valence-electron chi connectivity index (χ2n) is 4.27. The van der Waals surface area contributed by atoms with Gasteiger partial charge in [-0.25, -0.2) is 9.97 Å². The van der Waals surface area contributed by atoms with Crippen LogP contribution in [0, 0.1) is 0 Å². The molecule has 1 unspecified atom stereocenters. The standard InChI is InChI=1S/C12H13ClN2OS/c1-2-3-7-4-8-9(5-16-7)17-12-10(8)11(13)14-6-15-12/h6-7H,2-5H2,1H3. The number of fused-ring (bicyclic) bond motifs is 3. The highest BCUT2D eigenvalue weighted by molar-refractivity contribution is 7.18. The molecule has 0 radical (unpaired) electrons. The van der Waals surface area contributed by atoms with Crippen LogP contribution in [0.15, 0.2) is 6.33 Å². The van der Waals surface area contributed by atoms with Gasteiger partial charge in [0.1, 0.15) is 16.3 Å². The number of hydrogen-bond acceptors (Lipinski definition) is 4. The average Bonchev–Trinajstić information content (AvgIpc) is 2.68. The summed E-state index contributed by atoms with van der Waals surface area (Å²) in [6, 6.07) is 0. The second kappa shape index (κ2) is 4.52. The van der Waals surface area contributed by atoms with Gasteiger partial charge in [0.05, 0.1) is 18.1 Å². The van der Waals surface area contributed by atoms with Crippen molar-refractivity contribution in [2.24, 2.45) is 0 Å². The van der Waals surface area contributed by atoms with Gasteiger partial charge in [-0.15, -0.1) is 11.3 Å². The van der Waals surface area contributed by atoms with Crippen LogP contribution in [0.5, 0.6) is 0 Å². The summed E-state index contributed by atoms with van der Waals surface area (Å²) in [6.45, 7) is 2.87. The lowest BCUT2D eigenvalue weighted by atomic mass is 10.0. The molecule has 2 aromatic heterocycles. The minimum atomic E-state index is 0.321. The summed E-state index contributed by atoms with van der Waals surface area (Å²) >= 11 is 7.85. The summed E-state index contributed by atoms with van der Waals surface area (Å²) in [7, 11) is 0. The van der Waals surface area contributed by atoms with Crippen molar-refractivity contribution in [3.8, 4) is 0 Å². The van der Waals surface area contributed by atoms with E-state index in [1.807, 2.05) is 0 Å². The molecular formula is C12H13ClN2OS. The smallest absolute Gasteiger partial charge is 0.141 e. The maximum absolute atomic E-state index is 6.17. The quantitative estimate of drug-likeness (QED) is 0.781. The second-order valence-corrected chi connectivity index (χ2v) is 5.72. The Morgan fingerprint density at radius 2 is 2.41 bits per heavy atom. The van der Waals surface area contributed by atoms with E-state index in [-0.39, 0.29) is 0 Å². The molecule has 0 amide bonds. The molecule has 1 aliphatic rings. The predicted octanol–water partition coefficient (Wildman–Crippen LogP) is 3.59. The lowest BCUT2D eigenvalue weighted by Crippen LogP contribution is -2.20. The molecule has 0 saturated heterocycles. The Balaban J connectivity index is 2.08. The van der Waals surface area contributed by atoms with Gasteiger partial charge in [-0.3, -0.25) is 0 Å². The van der Waals surface area contributed by atoms with E-state index < -0.39 is 0 Å². The molecule has 0 spiro atoms. The number of nitrogens with zero attached hydrogens (tertiary/aromatic N) is 2. The molecule has 1 atom stereocenters. The Bertz CT molecular complexity index is 555. The van der Waals surface area contributed by atoms with Crippen LogP contribution in [0.4, 0.5) is 0 Å². The van der Waals surface area contributed by atoms with Gasteiger partial charge in [-0.1, -0.05) is 24.9 Å². The van der Waals surface area contributed by atoms with E-state index in [1.165, 1.54) is 16.8 Å². The molecule has 0 aliphatic carbocycles. The summed E-state index contributed by atoms with van der Waals surface area (Å²) in [4.78, 5) is 10.6. The molecule has 0 saturated carbocycles. The van der Waals surface area contributed by atoms with Crippen LogP contribution in [0.3, 0.4) is 0 Å². The van der Waals surface area contributed by atoms with Gasteiger partial charge in [-0.05, 0) is 12.0 Å². The first-order valence-corrected chi connectivity index (χ1v) is 7.01. The van der Waals surface area contributed by atoms with Crippen LogP contribution in [0.1, 0.15) is 30.2 Å². The number of aromatic nitrogens is 2. The Labute approximate surface area is 109 Å². The van der Waals surface area contributed by atoms with Crippen molar-refractivity contribution in [2.45, 2.75) is 38.9 Å². The molecule has 3 rings (SSSR count). The SMILES string of the molecule is CCCC1Cc2c(sc3ncnc(Cl)c23)CO1. The van der Waals surface area contributed by atoms with Gasteiger partial charge in [0.15, 0.2) is 0 Å². The Morgan fingerprint density at radius 3 is 3.24 bits per heavy atom. The number of hydrogen-bond donors (Lipinski definition) is 0. The van der Waals surface area contributed by atoms with Crippen LogP contribution in [0.25, 0.3) is 10.2 Å². The number of thiophene rings is 1. The average molecular weight is 269 g/mol. The minimum absolute atomic E-state index is 0.321. The largest absolute Gasteiger partial charge is 0.372 e. The summed E-state index contributed by atoms with van der Waals surface area (Å²) in [5, 5.41) is 1.61. The van der Waals surface area contributed by atoms with Gasteiger partial charge in [0.25, 0.3) is 0 Å². The Morgan fingerprint density at radius 1 is 1.53 bits per heavy atom. The summed E-state index contributed by atoms with van der Waals surface area (Å²) < 4.78 is 5.83. The molecule has 0 aromatic carbocycles. The molecule has 3 nitrogen and oxygen atoms in total. The number of rotatable bonds is 2. The topological polar surface area (TPSA) is 35.0 Å². The van der Waals surface area contributed by atoms with Gasteiger partial charge < -0.3 is 4.74 Å². The summed E-state index contributed by atoms with van der Waals surface area (Å²) in [6.07, 6.45) is 5.03. The zero-order valence-electron chi connectivity index (χ0n) is 9.57. The third-order valence-electron chi connectivity index (χ3n) is 3.12. The zero-order valence-corrected chi connectivity index (χ0v) is 11.1. The van der Waals surface area contributed by atoms with Gasteiger partial charge in [-0.2, -0.15) is 0 Å². The molecule has 17 heavy (non-hydrogen) atoms. The van der Waals surface area contributed by atoms with Gasteiger partial charge >= 0.3 is 0 Å². The Kier molecular flexibility index (Phi) is 3.03. The van der Waals surface area contributed by atoms with Crippen LogP contribution in [-0.4, -0.2) is 16.1 Å². The third kappa shape index (κ3) is 1.94. The molecule has 0 fully saturated rings. The lowest BCUT2D eigenvalue weighted by Gasteiger charge is -2.22. The molecule has 0 bridgehead atoms. The van der Waals surface area contributed by atoms with E-state index in [9.17, 15) is 0 Å². The lowest BCUT2D eigenvalue weighted by molar-refractivity contribution is 0.0254. The van der Waals surface area contributed by atoms with Crippen molar-refractivity contribution >= 4 is 33.2 Å².